The highest BCUT2D eigenvalue weighted by molar-refractivity contribution is 5.74. The number of hydrogen-bond acceptors (Lipinski definition) is 4. The van der Waals surface area contributed by atoms with Crippen molar-refractivity contribution in [3.8, 4) is 0 Å². The molecule has 0 aromatic carbocycles. The van der Waals surface area contributed by atoms with Crippen molar-refractivity contribution in [2.75, 3.05) is 13.2 Å². The molecule has 0 bridgehead atoms. The van der Waals surface area contributed by atoms with Gasteiger partial charge in [0.1, 0.15) is 6.61 Å². The molecule has 0 radical (unpaired) electrons. The molecule has 1 heterocycles. The molecule has 4 N–H and O–H groups in total. The Hall–Kier alpha value is -0.650. The molecule has 0 aromatic heterocycles. The highest BCUT2D eigenvalue weighted by atomic mass is 16.5. The van der Waals surface area contributed by atoms with Crippen LogP contribution in [0.3, 0.4) is 0 Å². The molecular weight excluding hydrogens is 196 g/mol. The Morgan fingerprint density at radius 2 is 2.13 bits per heavy atom. The van der Waals surface area contributed by atoms with Gasteiger partial charge in [-0.3, -0.25) is 4.79 Å². The summed E-state index contributed by atoms with van der Waals surface area (Å²) < 4.78 is 10.5. The van der Waals surface area contributed by atoms with Crippen LogP contribution in [0.25, 0.3) is 0 Å². The van der Waals surface area contributed by atoms with E-state index in [0.717, 1.165) is 6.42 Å². The van der Waals surface area contributed by atoms with Crippen LogP contribution in [0.5, 0.6) is 0 Å². The van der Waals surface area contributed by atoms with Gasteiger partial charge in [0.25, 0.3) is 0 Å². The van der Waals surface area contributed by atoms with Gasteiger partial charge in [0.15, 0.2) is 0 Å². The molecule has 1 rings (SSSR count). The highest BCUT2D eigenvalue weighted by Gasteiger charge is 2.29. The Morgan fingerprint density at radius 3 is 2.53 bits per heavy atom. The summed E-state index contributed by atoms with van der Waals surface area (Å²) in [4.78, 5) is 10.3. The average molecular weight is 218 g/mol. The number of carbonyl (C=O) groups is 1. The number of rotatable bonds is 4. The first-order valence-electron chi connectivity index (χ1n) is 5.36. The molecule has 0 aliphatic carbocycles. The lowest BCUT2D eigenvalue weighted by molar-refractivity contribution is -0.124. The lowest BCUT2D eigenvalue weighted by Crippen LogP contribution is -2.35. The molecule has 0 spiro atoms. The van der Waals surface area contributed by atoms with Crippen molar-refractivity contribution >= 4 is 5.91 Å². The minimum Gasteiger partial charge on any atom is -0.371 e. The molecule has 5 heteroatoms. The zero-order valence-corrected chi connectivity index (χ0v) is 9.73. The molecule has 1 aliphatic rings. The van der Waals surface area contributed by atoms with Crippen LogP contribution in [0.15, 0.2) is 0 Å². The minimum absolute atomic E-state index is 0.00266. The first kappa shape index (κ1) is 14.3. The Balaban J connectivity index is 0.000000921. The van der Waals surface area contributed by atoms with Crippen LogP contribution >= 0.6 is 0 Å². The fourth-order valence-corrected chi connectivity index (χ4v) is 1.43. The van der Waals surface area contributed by atoms with Crippen molar-refractivity contribution in [2.24, 2.45) is 11.5 Å². The summed E-state index contributed by atoms with van der Waals surface area (Å²) in [6.45, 7) is 6.24. The van der Waals surface area contributed by atoms with Gasteiger partial charge in [-0.05, 0) is 13.3 Å². The minimum atomic E-state index is -0.473. The van der Waals surface area contributed by atoms with Crippen LogP contribution in [0.1, 0.15) is 27.2 Å². The third-order valence-electron chi connectivity index (χ3n) is 2.02. The molecule has 1 amide bonds. The summed E-state index contributed by atoms with van der Waals surface area (Å²) in [5.41, 5.74) is 10.7. The first-order valence-corrected chi connectivity index (χ1v) is 5.36. The van der Waals surface area contributed by atoms with Crippen molar-refractivity contribution in [3.05, 3.63) is 0 Å². The van der Waals surface area contributed by atoms with Gasteiger partial charge in [-0.1, -0.05) is 13.8 Å². The van der Waals surface area contributed by atoms with Gasteiger partial charge in [0.05, 0.1) is 18.8 Å². The second-order valence-electron chi connectivity index (χ2n) is 3.37. The van der Waals surface area contributed by atoms with Crippen molar-refractivity contribution in [3.63, 3.8) is 0 Å². The van der Waals surface area contributed by atoms with Gasteiger partial charge >= 0.3 is 0 Å². The smallest absolute Gasteiger partial charge is 0.243 e. The maximum absolute atomic E-state index is 10.3. The van der Waals surface area contributed by atoms with E-state index >= 15 is 0 Å². The van der Waals surface area contributed by atoms with Gasteiger partial charge in [0.2, 0.25) is 5.91 Å². The van der Waals surface area contributed by atoms with E-state index in [-0.39, 0.29) is 24.9 Å². The quantitative estimate of drug-likeness (QED) is 0.696. The fourth-order valence-electron chi connectivity index (χ4n) is 1.43. The molecule has 15 heavy (non-hydrogen) atoms. The summed E-state index contributed by atoms with van der Waals surface area (Å²) in [7, 11) is 0. The van der Waals surface area contributed by atoms with Crippen molar-refractivity contribution in [1.29, 1.82) is 0 Å². The summed E-state index contributed by atoms with van der Waals surface area (Å²) >= 11 is 0. The molecule has 1 aliphatic heterocycles. The molecule has 0 saturated carbocycles. The summed E-state index contributed by atoms with van der Waals surface area (Å²) in [6, 6.07) is 0.00266. The largest absolute Gasteiger partial charge is 0.371 e. The maximum atomic E-state index is 10.3. The first-order chi connectivity index (χ1) is 7.09. The molecule has 5 nitrogen and oxygen atoms in total. The van der Waals surface area contributed by atoms with Crippen LogP contribution in [0.4, 0.5) is 0 Å². The molecule has 90 valence electrons. The summed E-state index contributed by atoms with van der Waals surface area (Å²) in [5.74, 6) is -0.473. The number of carbonyl (C=O) groups excluding carboxylic acids is 1. The maximum Gasteiger partial charge on any atom is 0.243 e. The summed E-state index contributed by atoms with van der Waals surface area (Å²) in [6.07, 6.45) is 0.913. The van der Waals surface area contributed by atoms with E-state index in [2.05, 4.69) is 0 Å². The lowest BCUT2D eigenvalue weighted by atomic mass is 10.1. The lowest BCUT2D eigenvalue weighted by Gasteiger charge is -2.14. The van der Waals surface area contributed by atoms with E-state index in [0.29, 0.717) is 6.61 Å². The normalized spacial score (nSPS) is 29.5. The van der Waals surface area contributed by atoms with Crippen LogP contribution in [0, 0.1) is 0 Å². The Kier molecular flexibility index (Phi) is 7.29. The standard InChI is InChI=1S/C8H16N2O3.C2H6/c1-5-2-6(9)7(13-5)3-12-4-8(10)11;1-2/h5-7H,2-4,9H2,1H3,(H2,10,11);1-2H3/t5?,6-,7-;/m1./s1. The number of amides is 1. The van der Waals surface area contributed by atoms with Crippen LogP contribution in [0.2, 0.25) is 0 Å². The third-order valence-corrected chi connectivity index (χ3v) is 2.02. The molecule has 1 saturated heterocycles. The number of hydrogen-bond donors (Lipinski definition) is 2. The van der Waals surface area contributed by atoms with E-state index in [4.69, 9.17) is 20.9 Å². The molecule has 1 fully saturated rings. The second kappa shape index (κ2) is 7.62. The van der Waals surface area contributed by atoms with E-state index in [1.807, 2.05) is 20.8 Å². The topological polar surface area (TPSA) is 87.6 Å². The van der Waals surface area contributed by atoms with Crippen molar-refractivity contribution in [1.82, 2.24) is 0 Å². The Labute approximate surface area is 91.1 Å². The van der Waals surface area contributed by atoms with Crippen molar-refractivity contribution in [2.45, 2.75) is 45.4 Å². The monoisotopic (exact) mass is 218 g/mol. The third kappa shape index (κ3) is 5.71. The summed E-state index contributed by atoms with van der Waals surface area (Å²) in [5, 5.41) is 0. The van der Waals surface area contributed by atoms with E-state index < -0.39 is 5.91 Å². The van der Waals surface area contributed by atoms with Gasteiger partial charge in [-0.15, -0.1) is 0 Å². The van der Waals surface area contributed by atoms with Crippen LogP contribution in [-0.4, -0.2) is 37.4 Å². The van der Waals surface area contributed by atoms with Gasteiger partial charge < -0.3 is 20.9 Å². The molecule has 3 atom stereocenters. The van der Waals surface area contributed by atoms with Gasteiger partial charge in [-0.25, -0.2) is 0 Å². The average Bonchev–Trinajstić information content (AvgIpc) is 2.48. The Morgan fingerprint density at radius 1 is 1.53 bits per heavy atom. The predicted octanol–water partition coefficient (Wildman–Crippen LogP) is 0.0192. The molecular formula is C10H22N2O3. The zero-order chi connectivity index (χ0) is 11.8. The SMILES string of the molecule is CC.CC1C[C@@H](N)[C@@H](COCC(N)=O)O1. The van der Waals surface area contributed by atoms with Gasteiger partial charge in [-0.2, -0.15) is 0 Å². The number of primary amides is 1. The molecule has 0 aromatic rings. The number of ether oxygens (including phenoxy) is 2. The fraction of sp³-hybridized carbons (Fsp3) is 0.900. The van der Waals surface area contributed by atoms with E-state index in [9.17, 15) is 4.79 Å². The second-order valence-corrected chi connectivity index (χ2v) is 3.37. The van der Waals surface area contributed by atoms with E-state index in [1.54, 1.807) is 0 Å². The molecule has 1 unspecified atom stereocenters. The van der Waals surface area contributed by atoms with Crippen LogP contribution in [-0.2, 0) is 14.3 Å². The van der Waals surface area contributed by atoms with Gasteiger partial charge in [0, 0.05) is 6.04 Å². The van der Waals surface area contributed by atoms with E-state index in [1.165, 1.54) is 0 Å². The predicted molar refractivity (Wildman–Crippen MR) is 58.3 cm³/mol. The zero-order valence-electron chi connectivity index (χ0n) is 9.73. The Bertz CT molecular complexity index is 188. The number of nitrogens with two attached hydrogens (primary N) is 2. The highest BCUT2D eigenvalue weighted by Crippen LogP contribution is 2.18. The van der Waals surface area contributed by atoms with Crippen molar-refractivity contribution < 1.29 is 14.3 Å². The van der Waals surface area contributed by atoms with Crippen LogP contribution < -0.4 is 11.5 Å².